The highest BCUT2D eigenvalue weighted by Crippen LogP contribution is 2.36. The predicted molar refractivity (Wildman–Crippen MR) is 128 cm³/mol. The molecule has 0 amide bonds. The number of aliphatic hydroxyl groups is 2. The van der Waals surface area contributed by atoms with Crippen molar-refractivity contribution in [3.63, 3.8) is 0 Å². The van der Waals surface area contributed by atoms with Gasteiger partial charge in [0.2, 0.25) is 11.8 Å². The summed E-state index contributed by atoms with van der Waals surface area (Å²) in [6.07, 6.45) is 4.06. The van der Waals surface area contributed by atoms with Crippen LogP contribution < -0.4 is 15.4 Å². The summed E-state index contributed by atoms with van der Waals surface area (Å²) in [7, 11) is 1.56. The zero-order chi connectivity index (χ0) is 22.8. The van der Waals surface area contributed by atoms with E-state index < -0.39 is 6.10 Å². The fraction of sp³-hybridized carbons (Fsp3) is 0.304. The van der Waals surface area contributed by atoms with E-state index in [1.807, 2.05) is 24.3 Å². The SMILES string of the molecule is COc1cc(Nc2ncc(-c3nc4ccccc4s3)c(NC3CC(O)C(CO)C3)n2)ccn1. The van der Waals surface area contributed by atoms with Crippen LogP contribution in [0.1, 0.15) is 12.8 Å². The Morgan fingerprint density at radius 1 is 1.15 bits per heavy atom. The molecule has 0 saturated heterocycles. The number of ether oxygens (including phenoxy) is 1. The summed E-state index contributed by atoms with van der Waals surface area (Å²) in [5.74, 6) is 1.38. The molecule has 0 spiro atoms. The molecule has 4 N–H and O–H groups in total. The maximum absolute atomic E-state index is 10.2. The monoisotopic (exact) mass is 464 g/mol. The lowest BCUT2D eigenvalue weighted by molar-refractivity contribution is 0.0908. The second-order valence-electron chi connectivity index (χ2n) is 7.98. The molecule has 3 aromatic heterocycles. The van der Waals surface area contributed by atoms with Crippen LogP contribution in [0.15, 0.2) is 48.8 Å². The zero-order valence-corrected chi connectivity index (χ0v) is 18.8. The number of pyridine rings is 1. The summed E-state index contributed by atoms with van der Waals surface area (Å²) < 4.78 is 6.27. The van der Waals surface area contributed by atoms with Crippen LogP contribution in [0.2, 0.25) is 0 Å². The van der Waals surface area contributed by atoms with E-state index in [-0.39, 0.29) is 18.6 Å². The van der Waals surface area contributed by atoms with Crippen molar-refractivity contribution in [3.8, 4) is 16.5 Å². The number of rotatable bonds is 7. The first-order valence-electron chi connectivity index (χ1n) is 10.7. The molecule has 1 aromatic carbocycles. The second-order valence-corrected chi connectivity index (χ2v) is 9.01. The average Bonchev–Trinajstić information content (AvgIpc) is 3.42. The highest BCUT2D eigenvalue weighted by atomic mass is 32.1. The van der Waals surface area contributed by atoms with Crippen LogP contribution in [0.5, 0.6) is 5.88 Å². The second kappa shape index (κ2) is 9.26. The van der Waals surface area contributed by atoms with Gasteiger partial charge in [-0.25, -0.2) is 15.0 Å². The minimum Gasteiger partial charge on any atom is -0.481 e. The van der Waals surface area contributed by atoms with Gasteiger partial charge in [0.15, 0.2) is 0 Å². The number of nitrogens with zero attached hydrogens (tertiary/aromatic N) is 4. The number of anilines is 3. The van der Waals surface area contributed by atoms with Crippen LogP contribution in [0, 0.1) is 5.92 Å². The summed E-state index contributed by atoms with van der Waals surface area (Å²) in [6.45, 7) is -0.0372. The molecule has 33 heavy (non-hydrogen) atoms. The van der Waals surface area contributed by atoms with Gasteiger partial charge < -0.3 is 25.6 Å². The van der Waals surface area contributed by atoms with Gasteiger partial charge >= 0.3 is 0 Å². The van der Waals surface area contributed by atoms with E-state index in [2.05, 4.69) is 20.6 Å². The third kappa shape index (κ3) is 4.58. The molecule has 170 valence electrons. The van der Waals surface area contributed by atoms with Gasteiger partial charge in [0.05, 0.1) is 29.0 Å². The minimum absolute atomic E-state index is 0.0194. The molecular formula is C23H24N6O3S. The van der Waals surface area contributed by atoms with Gasteiger partial charge in [0.25, 0.3) is 0 Å². The Morgan fingerprint density at radius 2 is 2.03 bits per heavy atom. The highest BCUT2D eigenvalue weighted by molar-refractivity contribution is 7.21. The van der Waals surface area contributed by atoms with Crippen LogP contribution in [0.3, 0.4) is 0 Å². The predicted octanol–water partition coefficient (Wildman–Crippen LogP) is 3.44. The third-order valence-electron chi connectivity index (χ3n) is 5.75. The quantitative estimate of drug-likeness (QED) is 0.325. The molecular weight excluding hydrogens is 440 g/mol. The van der Waals surface area contributed by atoms with Crippen LogP contribution in [0.4, 0.5) is 17.5 Å². The van der Waals surface area contributed by atoms with Crippen molar-refractivity contribution in [1.29, 1.82) is 0 Å². The van der Waals surface area contributed by atoms with Crippen LogP contribution in [-0.4, -0.2) is 56.0 Å². The molecule has 3 heterocycles. The van der Waals surface area contributed by atoms with Crippen LogP contribution >= 0.6 is 11.3 Å². The molecule has 1 aliphatic rings. The molecule has 5 rings (SSSR count). The third-order valence-corrected chi connectivity index (χ3v) is 6.82. The topological polar surface area (TPSA) is 125 Å². The van der Waals surface area contributed by atoms with Crippen molar-refractivity contribution >= 4 is 39.0 Å². The summed E-state index contributed by atoms with van der Waals surface area (Å²) >= 11 is 1.58. The molecule has 3 unspecified atom stereocenters. The molecule has 1 fully saturated rings. The molecule has 0 bridgehead atoms. The van der Waals surface area contributed by atoms with Crippen LogP contribution in [-0.2, 0) is 0 Å². The molecule has 1 aliphatic carbocycles. The Bertz CT molecular complexity index is 1230. The van der Waals surface area contributed by atoms with Gasteiger partial charge in [-0.15, -0.1) is 11.3 Å². The molecule has 10 heteroatoms. The molecule has 4 aromatic rings. The molecule has 1 saturated carbocycles. The average molecular weight is 465 g/mol. The van der Waals surface area contributed by atoms with Gasteiger partial charge in [-0.3, -0.25) is 0 Å². The lowest BCUT2D eigenvalue weighted by atomic mass is 10.1. The Balaban J connectivity index is 1.49. The maximum atomic E-state index is 10.2. The van der Waals surface area contributed by atoms with Gasteiger partial charge in [-0.1, -0.05) is 12.1 Å². The standard InChI is InChI=1S/C23H24N6O3S/c1-32-20-10-14(6-7-24-20)27-23-25-11-16(22-28-17-4-2-3-5-19(17)33-22)21(29-23)26-15-8-13(12-30)18(31)9-15/h2-7,10-11,13,15,18,30-31H,8-9,12H2,1H3,(H2,24,25,26,27,29). The van der Waals surface area contributed by atoms with Gasteiger partial charge in [0, 0.05) is 42.7 Å². The molecule has 3 atom stereocenters. The fourth-order valence-electron chi connectivity index (χ4n) is 4.03. The smallest absolute Gasteiger partial charge is 0.229 e. The van der Waals surface area contributed by atoms with Crippen molar-refractivity contribution in [2.45, 2.75) is 25.0 Å². The number of hydrogen-bond donors (Lipinski definition) is 4. The zero-order valence-electron chi connectivity index (χ0n) is 18.0. The number of nitrogens with one attached hydrogen (secondary N) is 2. The summed E-state index contributed by atoms with van der Waals surface area (Å²) in [5, 5.41) is 27.2. The van der Waals surface area contributed by atoms with Crippen LogP contribution in [0.25, 0.3) is 20.8 Å². The number of thiazole rings is 1. The number of aliphatic hydroxyl groups excluding tert-OH is 2. The van der Waals surface area contributed by atoms with Crippen molar-refractivity contribution in [2.24, 2.45) is 5.92 Å². The molecule has 0 aliphatic heterocycles. The first kappa shape index (κ1) is 21.5. The van der Waals surface area contributed by atoms with Crippen molar-refractivity contribution < 1.29 is 14.9 Å². The maximum Gasteiger partial charge on any atom is 0.229 e. The number of fused-ring (bicyclic) bond motifs is 1. The number of methoxy groups -OCH3 is 1. The molecule has 9 nitrogen and oxygen atoms in total. The van der Waals surface area contributed by atoms with Crippen molar-refractivity contribution in [1.82, 2.24) is 19.9 Å². The number of benzene rings is 1. The fourth-order valence-corrected chi connectivity index (χ4v) is 5.01. The number of para-hydroxylation sites is 1. The lowest BCUT2D eigenvalue weighted by Crippen LogP contribution is -2.18. The van der Waals surface area contributed by atoms with Gasteiger partial charge in [-0.2, -0.15) is 4.98 Å². The van der Waals surface area contributed by atoms with E-state index in [4.69, 9.17) is 14.7 Å². The number of aromatic nitrogens is 4. The lowest BCUT2D eigenvalue weighted by Gasteiger charge is -2.16. The van der Waals surface area contributed by atoms with Crippen molar-refractivity contribution in [3.05, 3.63) is 48.8 Å². The Labute approximate surface area is 194 Å². The summed E-state index contributed by atoms with van der Waals surface area (Å²) in [4.78, 5) is 18.1. The van der Waals surface area contributed by atoms with Crippen molar-refractivity contribution in [2.75, 3.05) is 24.4 Å². The van der Waals surface area contributed by atoms with E-state index >= 15 is 0 Å². The van der Waals surface area contributed by atoms with E-state index in [9.17, 15) is 10.2 Å². The van der Waals surface area contributed by atoms with E-state index in [1.54, 1.807) is 43.0 Å². The van der Waals surface area contributed by atoms with Gasteiger partial charge in [-0.05, 0) is 31.0 Å². The number of hydrogen-bond acceptors (Lipinski definition) is 10. The Morgan fingerprint density at radius 3 is 2.82 bits per heavy atom. The first-order valence-corrected chi connectivity index (χ1v) is 11.5. The van der Waals surface area contributed by atoms with Gasteiger partial charge in [0.1, 0.15) is 10.8 Å². The summed E-state index contributed by atoms with van der Waals surface area (Å²) in [6, 6.07) is 11.5. The Kier molecular flexibility index (Phi) is 6.03. The van der Waals surface area contributed by atoms with E-state index in [0.717, 1.165) is 26.5 Å². The molecule has 0 radical (unpaired) electrons. The largest absolute Gasteiger partial charge is 0.481 e. The Hall–Kier alpha value is -3.34. The summed E-state index contributed by atoms with van der Waals surface area (Å²) in [5.41, 5.74) is 2.46. The first-order chi connectivity index (χ1) is 16.1. The van der Waals surface area contributed by atoms with E-state index in [0.29, 0.717) is 30.5 Å². The normalized spacial score (nSPS) is 20.2. The minimum atomic E-state index is -0.540. The van der Waals surface area contributed by atoms with E-state index in [1.165, 1.54) is 0 Å². The highest BCUT2D eigenvalue weighted by Gasteiger charge is 2.33.